The van der Waals surface area contributed by atoms with Crippen molar-refractivity contribution < 1.29 is 0 Å². The lowest BCUT2D eigenvalue weighted by Gasteiger charge is -2.31. The SMILES string of the molecule is C1=C(N(c2ccc(/C=C/c3ccc(N(c4ccc5c(c4)CCCC5)c4ccc5ccccc5c4)cc3)cc2)c2ccc3ccccc3c2)CCc2ccccc21. The van der Waals surface area contributed by atoms with Crippen molar-refractivity contribution in [3.05, 3.63) is 215 Å². The van der Waals surface area contributed by atoms with Gasteiger partial charge < -0.3 is 9.80 Å². The molecule has 0 saturated heterocycles. The van der Waals surface area contributed by atoms with Crippen LogP contribution in [0.3, 0.4) is 0 Å². The fourth-order valence-electron chi connectivity index (χ4n) is 8.67. The molecule has 2 aliphatic carbocycles. The molecule has 56 heavy (non-hydrogen) atoms. The van der Waals surface area contributed by atoms with Gasteiger partial charge in [0, 0.05) is 34.1 Å². The van der Waals surface area contributed by atoms with Crippen LogP contribution >= 0.6 is 0 Å². The second kappa shape index (κ2) is 14.9. The molecular weight excluding hydrogens is 677 g/mol. The highest BCUT2D eigenvalue weighted by Gasteiger charge is 2.20. The molecular formula is C54H44N2. The minimum absolute atomic E-state index is 0.992. The Kier molecular flexibility index (Phi) is 9.01. The van der Waals surface area contributed by atoms with Crippen molar-refractivity contribution in [2.45, 2.75) is 38.5 Å². The number of benzene rings is 8. The predicted octanol–water partition coefficient (Wildman–Crippen LogP) is 14.6. The van der Waals surface area contributed by atoms with E-state index in [4.69, 9.17) is 0 Å². The molecule has 0 aromatic heterocycles. The lowest BCUT2D eigenvalue weighted by molar-refractivity contribution is 0.685. The van der Waals surface area contributed by atoms with Crippen molar-refractivity contribution in [3.63, 3.8) is 0 Å². The Labute approximate surface area is 330 Å². The van der Waals surface area contributed by atoms with Gasteiger partial charge in [-0.05, 0) is 160 Å². The predicted molar refractivity (Wildman–Crippen MR) is 239 cm³/mol. The van der Waals surface area contributed by atoms with Crippen LogP contribution in [0.2, 0.25) is 0 Å². The Hall–Kier alpha value is -6.64. The summed E-state index contributed by atoms with van der Waals surface area (Å²) in [5.74, 6) is 0. The van der Waals surface area contributed by atoms with Crippen LogP contribution in [0, 0.1) is 0 Å². The highest BCUT2D eigenvalue weighted by molar-refractivity contribution is 5.90. The summed E-state index contributed by atoms with van der Waals surface area (Å²) < 4.78 is 0. The number of hydrogen-bond donors (Lipinski definition) is 0. The van der Waals surface area contributed by atoms with E-state index < -0.39 is 0 Å². The highest BCUT2D eigenvalue weighted by Crippen LogP contribution is 2.40. The number of fused-ring (bicyclic) bond motifs is 4. The van der Waals surface area contributed by atoms with Gasteiger partial charge in [-0.15, -0.1) is 0 Å². The summed E-state index contributed by atoms with van der Waals surface area (Å²) in [7, 11) is 0. The molecule has 270 valence electrons. The van der Waals surface area contributed by atoms with Gasteiger partial charge in [-0.3, -0.25) is 0 Å². The number of rotatable bonds is 8. The van der Waals surface area contributed by atoms with E-state index in [-0.39, 0.29) is 0 Å². The van der Waals surface area contributed by atoms with E-state index >= 15 is 0 Å². The van der Waals surface area contributed by atoms with Crippen LogP contribution < -0.4 is 9.80 Å². The van der Waals surface area contributed by atoms with Gasteiger partial charge in [0.05, 0.1) is 0 Å². The second-order valence-corrected chi connectivity index (χ2v) is 15.2. The van der Waals surface area contributed by atoms with E-state index in [1.807, 2.05) is 0 Å². The third-order valence-electron chi connectivity index (χ3n) is 11.7. The lowest BCUT2D eigenvalue weighted by Crippen LogP contribution is -2.19. The fourth-order valence-corrected chi connectivity index (χ4v) is 8.67. The molecule has 0 heterocycles. The zero-order chi connectivity index (χ0) is 37.3. The van der Waals surface area contributed by atoms with E-state index in [1.165, 1.54) is 103 Å². The first-order valence-corrected chi connectivity index (χ1v) is 20.1. The van der Waals surface area contributed by atoms with Crippen LogP contribution in [0.5, 0.6) is 0 Å². The van der Waals surface area contributed by atoms with E-state index in [0.29, 0.717) is 0 Å². The molecule has 0 amide bonds. The zero-order valence-corrected chi connectivity index (χ0v) is 31.6. The summed E-state index contributed by atoms with van der Waals surface area (Å²) in [6.45, 7) is 0. The molecule has 0 saturated carbocycles. The van der Waals surface area contributed by atoms with Crippen LogP contribution in [0.1, 0.15) is 52.6 Å². The fraction of sp³-hybridized carbons (Fsp3) is 0.111. The molecule has 0 fully saturated rings. The summed E-state index contributed by atoms with van der Waals surface area (Å²) in [6.07, 6.45) is 13.8. The molecule has 0 bridgehead atoms. The Morgan fingerprint density at radius 3 is 1.50 bits per heavy atom. The molecule has 0 unspecified atom stereocenters. The highest BCUT2D eigenvalue weighted by atomic mass is 15.2. The summed E-state index contributed by atoms with van der Waals surface area (Å²) in [4.78, 5) is 4.85. The van der Waals surface area contributed by atoms with Crippen molar-refractivity contribution in [3.8, 4) is 0 Å². The van der Waals surface area contributed by atoms with E-state index in [9.17, 15) is 0 Å². The maximum atomic E-state index is 2.44. The standard InChI is InChI=1S/C54H44N2/c1-5-13-45-35-51(31-23-41(45)9-1)55(52-32-24-42-10-2-6-14-46(42)36-52)49-27-19-39(20-28-49)17-18-40-21-29-50(30-22-40)56(53-33-25-43-11-3-7-15-47(43)37-53)54-34-26-44-12-4-8-16-48(44)38-54/h1-3,5-7,9-11,13-15,17-23,25-31,33-38H,4,8,12,16,24,32H2/b18-17+. The van der Waals surface area contributed by atoms with E-state index in [1.54, 1.807) is 0 Å². The number of anilines is 5. The molecule has 0 atom stereocenters. The third-order valence-corrected chi connectivity index (χ3v) is 11.7. The average molecular weight is 721 g/mol. The number of hydrogen-bond acceptors (Lipinski definition) is 2. The number of nitrogens with zero attached hydrogens (tertiary/aromatic N) is 2. The normalized spacial score (nSPS) is 13.7. The Morgan fingerprint density at radius 1 is 0.339 bits per heavy atom. The molecule has 0 N–H and O–H groups in total. The van der Waals surface area contributed by atoms with Gasteiger partial charge in [0.25, 0.3) is 0 Å². The van der Waals surface area contributed by atoms with Gasteiger partial charge in [-0.1, -0.05) is 127 Å². The van der Waals surface area contributed by atoms with Crippen LogP contribution in [0.15, 0.2) is 182 Å². The minimum Gasteiger partial charge on any atom is -0.314 e. The van der Waals surface area contributed by atoms with Gasteiger partial charge >= 0.3 is 0 Å². The quantitative estimate of drug-likeness (QED) is 0.144. The van der Waals surface area contributed by atoms with Crippen molar-refractivity contribution in [1.29, 1.82) is 0 Å². The number of aryl methyl sites for hydroxylation is 3. The molecule has 8 aromatic rings. The van der Waals surface area contributed by atoms with Crippen LogP contribution in [0.4, 0.5) is 28.4 Å². The lowest BCUT2D eigenvalue weighted by atomic mass is 9.91. The molecule has 2 heteroatoms. The molecule has 0 aliphatic heterocycles. The van der Waals surface area contributed by atoms with Crippen molar-refractivity contribution >= 4 is 68.2 Å². The first-order valence-electron chi connectivity index (χ1n) is 20.1. The van der Waals surface area contributed by atoms with Crippen molar-refractivity contribution in [2.24, 2.45) is 0 Å². The van der Waals surface area contributed by atoms with E-state index in [2.05, 4.69) is 204 Å². The zero-order valence-electron chi connectivity index (χ0n) is 31.6. The van der Waals surface area contributed by atoms with Gasteiger partial charge in [-0.2, -0.15) is 0 Å². The smallest absolute Gasteiger partial charge is 0.0468 e. The third kappa shape index (κ3) is 6.80. The van der Waals surface area contributed by atoms with Gasteiger partial charge in [0.1, 0.15) is 0 Å². The van der Waals surface area contributed by atoms with Gasteiger partial charge in [0.15, 0.2) is 0 Å². The molecule has 0 spiro atoms. The van der Waals surface area contributed by atoms with Crippen LogP contribution in [-0.2, 0) is 19.3 Å². The van der Waals surface area contributed by atoms with Crippen LogP contribution in [-0.4, -0.2) is 0 Å². The minimum atomic E-state index is 0.992. The molecule has 10 rings (SSSR count). The topological polar surface area (TPSA) is 6.48 Å². The van der Waals surface area contributed by atoms with Crippen LogP contribution in [0.25, 0.3) is 39.8 Å². The number of allylic oxidation sites excluding steroid dienone is 1. The van der Waals surface area contributed by atoms with Crippen molar-refractivity contribution in [2.75, 3.05) is 9.80 Å². The molecule has 2 aliphatic rings. The van der Waals surface area contributed by atoms with Crippen molar-refractivity contribution in [1.82, 2.24) is 0 Å². The Bertz CT molecular complexity index is 2750. The first-order chi connectivity index (χ1) is 27.7. The molecule has 8 aromatic carbocycles. The first kappa shape index (κ1) is 33.9. The van der Waals surface area contributed by atoms with E-state index in [0.717, 1.165) is 24.9 Å². The maximum Gasteiger partial charge on any atom is 0.0468 e. The Balaban J connectivity index is 0.939. The summed E-state index contributed by atoms with van der Waals surface area (Å²) in [6, 6.07) is 64.7. The Morgan fingerprint density at radius 2 is 0.839 bits per heavy atom. The summed E-state index contributed by atoms with van der Waals surface area (Å²) in [5, 5.41) is 5.02. The van der Waals surface area contributed by atoms with Gasteiger partial charge in [0.2, 0.25) is 0 Å². The molecule has 2 nitrogen and oxygen atoms in total. The summed E-state index contributed by atoms with van der Waals surface area (Å²) >= 11 is 0. The van der Waals surface area contributed by atoms with Gasteiger partial charge in [-0.25, -0.2) is 0 Å². The molecule has 0 radical (unpaired) electrons. The second-order valence-electron chi connectivity index (χ2n) is 15.2. The maximum absolute atomic E-state index is 2.44. The monoisotopic (exact) mass is 720 g/mol. The summed E-state index contributed by atoms with van der Waals surface area (Å²) in [5.41, 5.74) is 15.3. The average Bonchev–Trinajstić information content (AvgIpc) is 3.26. The largest absolute Gasteiger partial charge is 0.314 e.